The van der Waals surface area contributed by atoms with Crippen molar-refractivity contribution in [3.63, 3.8) is 0 Å². The van der Waals surface area contributed by atoms with Crippen LogP contribution in [0.2, 0.25) is 0 Å². The molecule has 3 rings (SSSR count). The lowest BCUT2D eigenvalue weighted by Crippen LogP contribution is -2.14. The molecule has 2 heterocycles. The summed E-state index contributed by atoms with van der Waals surface area (Å²) in [5.41, 5.74) is 8.52. The van der Waals surface area contributed by atoms with Crippen molar-refractivity contribution in [2.45, 2.75) is 38.6 Å². The van der Waals surface area contributed by atoms with Crippen LogP contribution in [0.1, 0.15) is 42.5 Å². The second-order valence-electron chi connectivity index (χ2n) is 6.22. The van der Waals surface area contributed by atoms with Gasteiger partial charge in [-0.2, -0.15) is 0 Å². The summed E-state index contributed by atoms with van der Waals surface area (Å²) < 4.78 is 1.19. The van der Waals surface area contributed by atoms with E-state index in [1.165, 1.54) is 4.70 Å². The maximum absolute atomic E-state index is 6.32. The van der Waals surface area contributed by atoms with E-state index < -0.39 is 0 Å². The van der Waals surface area contributed by atoms with Crippen molar-refractivity contribution in [2.75, 3.05) is 0 Å². The Morgan fingerprint density at radius 3 is 2.62 bits per heavy atom. The number of thiazole rings is 2. The number of hydrogen-bond donors (Lipinski definition) is 1. The van der Waals surface area contributed by atoms with Gasteiger partial charge in [0, 0.05) is 17.2 Å². The first-order valence-electron chi connectivity index (χ1n) is 6.99. The number of hydrogen-bond acceptors (Lipinski definition) is 5. The van der Waals surface area contributed by atoms with Crippen LogP contribution < -0.4 is 5.73 Å². The second kappa shape index (κ2) is 5.48. The summed E-state index contributed by atoms with van der Waals surface area (Å²) in [5.74, 6) is 0. The third-order valence-corrected chi connectivity index (χ3v) is 5.74. The number of nitrogens with two attached hydrogens (primary N) is 1. The number of nitrogens with zero attached hydrogens (tertiary/aromatic N) is 2. The predicted molar refractivity (Wildman–Crippen MR) is 91.1 cm³/mol. The highest BCUT2D eigenvalue weighted by Gasteiger charge is 2.20. The molecule has 1 aromatic carbocycles. The van der Waals surface area contributed by atoms with Gasteiger partial charge in [-0.25, -0.2) is 9.97 Å². The Hall–Kier alpha value is -1.30. The molecule has 0 aliphatic heterocycles. The van der Waals surface area contributed by atoms with E-state index in [2.05, 4.69) is 37.2 Å². The fourth-order valence-corrected chi connectivity index (χ4v) is 4.00. The molecule has 0 saturated carbocycles. The monoisotopic (exact) mass is 317 g/mol. The topological polar surface area (TPSA) is 51.8 Å². The molecule has 1 atom stereocenters. The molecule has 110 valence electrons. The van der Waals surface area contributed by atoms with E-state index in [-0.39, 0.29) is 11.5 Å². The number of benzene rings is 1. The number of aromatic nitrogens is 2. The van der Waals surface area contributed by atoms with E-state index in [1.54, 1.807) is 22.7 Å². The Kier molecular flexibility index (Phi) is 3.82. The van der Waals surface area contributed by atoms with Crippen LogP contribution in [0.3, 0.4) is 0 Å². The van der Waals surface area contributed by atoms with Gasteiger partial charge in [0.1, 0.15) is 5.01 Å². The zero-order chi connectivity index (χ0) is 15.0. The zero-order valence-corrected chi connectivity index (χ0v) is 14.1. The lowest BCUT2D eigenvalue weighted by Gasteiger charge is -2.13. The summed E-state index contributed by atoms with van der Waals surface area (Å²) in [6.07, 6.45) is 0.742. The minimum atomic E-state index is -0.0858. The standard InChI is InChI=1S/C16H19N3S2/c1-16(2,3)15-18-10(9-20-15)8-11(17)14-19-12-6-4-5-7-13(12)21-14/h4-7,9,11H,8,17H2,1-3H3. The summed E-state index contributed by atoms with van der Waals surface area (Å²) in [7, 11) is 0. The molecule has 0 bridgehead atoms. The van der Waals surface area contributed by atoms with Gasteiger partial charge < -0.3 is 5.73 Å². The maximum Gasteiger partial charge on any atom is 0.111 e. The maximum atomic E-state index is 6.32. The second-order valence-corrected chi connectivity index (χ2v) is 8.14. The molecular weight excluding hydrogens is 298 g/mol. The van der Waals surface area contributed by atoms with E-state index in [9.17, 15) is 0 Å². The molecule has 0 spiro atoms. The van der Waals surface area contributed by atoms with E-state index in [0.29, 0.717) is 0 Å². The molecule has 0 aliphatic rings. The molecule has 1 unspecified atom stereocenters. The molecule has 0 aliphatic carbocycles. The van der Waals surface area contributed by atoms with Crippen LogP contribution in [-0.4, -0.2) is 9.97 Å². The van der Waals surface area contributed by atoms with Crippen LogP contribution in [0.15, 0.2) is 29.6 Å². The van der Waals surface area contributed by atoms with Crippen LogP contribution in [0.5, 0.6) is 0 Å². The Morgan fingerprint density at radius 1 is 1.19 bits per heavy atom. The molecule has 2 aromatic heterocycles. The minimum absolute atomic E-state index is 0.0858. The molecule has 21 heavy (non-hydrogen) atoms. The van der Waals surface area contributed by atoms with Gasteiger partial charge in [-0.05, 0) is 12.1 Å². The zero-order valence-electron chi connectivity index (χ0n) is 12.5. The molecule has 0 fully saturated rings. The van der Waals surface area contributed by atoms with Gasteiger partial charge in [-0.1, -0.05) is 32.9 Å². The Balaban J connectivity index is 1.79. The molecule has 0 amide bonds. The van der Waals surface area contributed by atoms with Crippen molar-refractivity contribution in [1.29, 1.82) is 0 Å². The fourth-order valence-electron chi connectivity index (χ4n) is 2.11. The molecule has 0 saturated heterocycles. The summed E-state index contributed by atoms with van der Waals surface area (Å²) >= 11 is 3.39. The third-order valence-electron chi connectivity index (χ3n) is 3.25. The molecule has 3 nitrogen and oxygen atoms in total. The summed E-state index contributed by atoms with van der Waals surface area (Å²) in [4.78, 5) is 9.35. The van der Waals surface area contributed by atoms with Crippen molar-refractivity contribution in [3.8, 4) is 0 Å². The Morgan fingerprint density at radius 2 is 1.95 bits per heavy atom. The number of rotatable bonds is 3. The predicted octanol–water partition coefficient (Wildman–Crippen LogP) is 4.29. The van der Waals surface area contributed by atoms with E-state index in [1.807, 2.05) is 18.2 Å². The summed E-state index contributed by atoms with van der Waals surface area (Å²) in [5, 5.41) is 4.27. The third kappa shape index (κ3) is 3.15. The van der Waals surface area contributed by atoms with E-state index in [0.717, 1.165) is 27.6 Å². The molecule has 3 aromatic rings. The quantitative estimate of drug-likeness (QED) is 0.784. The van der Waals surface area contributed by atoms with Gasteiger partial charge in [0.05, 0.1) is 27.0 Å². The molecular formula is C16H19N3S2. The average molecular weight is 317 g/mol. The van der Waals surface area contributed by atoms with Gasteiger partial charge in [-0.15, -0.1) is 22.7 Å². The Bertz CT molecular complexity index is 719. The molecule has 0 radical (unpaired) electrons. The van der Waals surface area contributed by atoms with Crippen molar-refractivity contribution in [1.82, 2.24) is 9.97 Å². The highest BCUT2D eigenvalue weighted by atomic mass is 32.1. The van der Waals surface area contributed by atoms with Gasteiger partial charge in [0.25, 0.3) is 0 Å². The van der Waals surface area contributed by atoms with Crippen molar-refractivity contribution < 1.29 is 0 Å². The van der Waals surface area contributed by atoms with Gasteiger partial charge >= 0.3 is 0 Å². The first-order chi connectivity index (χ1) is 9.93. The van der Waals surface area contributed by atoms with Gasteiger partial charge in [-0.3, -0.25) is 0 Å². The van der Waals surface area contributed by atoms with Crippen molar-refractivity contribution in [3.05, 3.63) is 45.4 Å². The normalized spacial score (nSPS) is 13.7. The summed E-state index contributed by atoms with van der Waals surface area (Å²) in [6, 6.07) is 8.07. The van der Waals surface area contributed by atoms with Crippen LogP contribution >= 0.6 is 22.7 Å². The van der Waals surface area contributed by atoms with Crippen molar-refractivity contribution in [2.24, 2.45) is 5.73 Å². The highest BCUT2D eigenvalue weighted by Crippen LogP contribution is 2.29. The first-order valence-corrected chi connectivity index (χ1v) is 8.69. The minimum Gasteiger partial charge on any atom is -0.322 e. The lowest BCUT2D eigenvalue weighted by atomic mass is 9.98. The van der Waals surface area contributed by atoms with Crippen LogP contribution in [0.4, 0.5) is 0 Å². The largest absolute Gasteiger partial charge is 0.322 e. The van der Waals surface area contributed by atoms with Crippen LogP contribution in [0, 0.1) is 0 Å². The first kappa shape index (κ1) is 14.6. The molecule has 2 N–H and O–H groups in total. The van der Waals surface area contributed by atoms with Crippen LogP contribution in [-0.2, 0) is 11.8 Å². The molecule has 5 heteroatoms. The lowest BCUT2D eigenvalue weighted by molar-refractivity contribution is 0.580. The smallest absolute Gasteiger partial charge is 0.111 e. The SMILES string of the molecule is CC(C)(C)c1nc(CC(N)c2nc3ccccc3s2)cs1. The van der Waals surface area contributed by atoms with Gasteiger partial charge in [0.15, 0.2) is 0 Å². The summed E-state index contributed by atoms with van der Waals surface area (Å²) in [6.45, 7) is 6.55. The number of para-hydroxylation sites is 1. The van der Waals surface area contributed by atoms with Gasteiger partial charge in [0.2, 0.25) is 0 Å². The van der Waals surface area contributed by atoms with E-state index >= 15 is 0 Å². The van der Waals surface area contributed by atoms with Crippen LogP contribution in [0.25, 0.3) is 10.2 Å². The Labute approximate surface area is 132 Å². The highest BCUT2D eigenvalue weighted by molar-refractivity contribution is 7.18. The fraction of sp³-hybridized carbons (Fsp3) is 0.375. The van der Waals surface area contributed by atoms with E-state index in [4.69, 9.17) is 10.7 Å². The number of fused-ring (bicyclic) bond motifs is 1. The van der Waals surface area contributed by atoms with Crippen molar-refractivity contribution >= 4 is 32.9 Å². The average Bonchev–Trinajstić information content (AvgIpc) is 3.03.